The van der Waals surface area contributed by atoms with E-state index in [1.54, 1.807) is 12.1 Å². The first-order valence-electron chi connectivity index (χ1n) is 5.94. The maximum absolute atomic E-state index is 13.8. The highest BCUT2D eigenvalue weighted by atomic mass is 35.5. The molecule has 0 fully saturated rings. The number of halogens is 4. The molecule has 21 heavy (non-hydrogen) atoms. The van der Waals surface area contributed by atoms with Gasteiger partial charge in [0, 0.05) is 17.2 Å². The Hall–Kier alpha value is -1.43. The summed E-state index contributed by atoms with van der Waals surface area (Å²) < 4.78 is 29.0. The lowest BCUT2D eigenvalue weighted by atomic mass is 10.2. The molecule has 1 aromatic heterocycles. The van der Waals surface area contributed by atoms with Crippen LogP contribution in [0.25, 0.3) is 16.7 Å². The van der Waals surface area contributed by atoms with Gasteiger partial charge in [0.15, 0.2) is 10.6 Å². The van der Waals surface area contributed by atoms with E-state index in [1.807, 2.05) is 6.92 Å². The number of aromatic amines is 1. The summed E-state index contributed by atoms with van der Waals surface area (Å²) in [5.41, 5.74) is 1.65. The van der Waals surface area contributed by atoms with E-state index in [0.717, 1.165) is 11.6 Å². The first-order valence-corrected chi connectivity index (χ1v) is 7.10. The molecule has 3 rings (SSSR count). The molecular weight excluding hydrogens is 337 g/mol. The summed E-state index contributed by atoms with van der Waals surface area (Å²) >= 11 is 17.5. The number of H-pyrrole nitrogens is 1. The first-order chi connectivity index (χ1) is 9.88. The molecule has 0 aliphatic carbocycles. The number of nitrogens with zero attached hydrogens (tertiary/aromatic N) is 1. The minimum Gasteiger partial charge on any atom is -0.328 e. The summed E-state index contributed by atoms with van der Waals surface area (Å²) in [4.78, 5) is 2.72. The average molecular weight is 345 g/mol. The van der Waals surface area contributed by atoms with E-state index in [1.165, 1.54) is 10.6 Å². The molecule has 1 heterocycles. The molecule has 2 nitrogen and oxygen atoms in total. The van der Waals surface area contributed by atoms with Gasteiger partial charge in [-0.05, 0) is 36.8 Å². The van der Waals surface area contributed by atoms with Crippen LogP contribution in [0.2, 0.25) is 10.0 Å². The van der Waals surface area contributed by atoms with Crippen molar-refractivity contribution in [2.45, 2.75) is 6.92 Å². The summed E-state index contributed by atoms with van der Waals surface area (Å²) in [6, 6.07) is 5.27. The number of fused-ring (bicyclic) bond motifs is 1. The van der Waals surface area contributed by atoms with Crippen LogP contribution in [0.5, 0.6) is 0 Å². The Morgan fingerprint density at radius 3 is 2.52 bits per heavy atom. The maximum atomic E-state index is 13.8. The Kier molecular flexibility index (Phi) is 3.51. The molecule has 0 amide bonds. The standard InChI is InChI=1S/C14H8Cl2F2N2S/c1-6-2-9(16)11(5-8(6)15)20-12-4-7(17)3-10(18)13(12)19-14(20)21/h2-5H,1H3,(H,19,21). The molecule has 0 atom stereocenters. The van der Waals surface area contributed by atoms with Crippen LogP contribution < -0.4 is 0 Å². The second-order valence-corrected chi connectivity index (χ2v) is 5.80. The molecule has 0 spiro atoms. The van der Waals surface area contributed by atoms with Crippen LogP contribution in [0.15, 0.2) is 24.3 Å². The van der Waals surface area contributed by atoms with Crippen molar-refractivity contribution in [2.24, 2.45) is 0 Å². The predicted octanol–water partition coefficient (Wildman–Crippen LogP) is 5.58. The van der Waals surface area contributed by atoms with Crippen molar-refractivity contribution >= 4 is 46.5 Å². The third-order valence-corrected chi connectivity index (χ3v) is 4.17. The van der Waals surface area contributed by atoms with Gasteiger partial charge >= 0.3 is 0 Å². The molecule has 0 unspecified atom stereocenters. The second-order valence-electron chi connectivity index (χ2n) is 4.60. The molecule has 2 aromatic carbocycles. The van der Waals surface area contributed by atoms with E-state index in [2.05, 4.69) is 4.98 Å². The average Bonchev–Trinajstić information content (AvgIpc) is 2.71. The molecule has 0 radical (unpaired) electrons. The molecule has 0 saturated heterocycles. The van der Waals surface area contributed by atoms with Crippen LogP contribution in [0.1, 0.15) is 5.56 Å². The molecule has 0 aliphatic heterocycles. The van der Waals surface area contributed by atoms with Gasteiger partial charge in [0.05, 0.1) is 16.2 Å². The van der Waals surface area contributed by atoms with Crippen molar-refractivity contribution in [2.75, 3.05) is 0 Å². The highest BCUT2D eigenvalue weighted by molar-refractivity contribution is 7.71. The fraction of sp³-hybridized carbons (Fsp3) is 0.0714. The number of hydrogen-bond donors (Lipinski definition) is 1. The van der Waals surface area contributed by atoms with E-state index in [-0.39, 0.29) is 15.8 Å². The number of nitrogens with one attached hydrogen (secondary N) is 1. The van der Waals surface area contributed by atoms with Crippen LogP contribution in [0, 0.1) is 23.3 Å². The SMILES string of the molecule is Cc1cc(Cl)c(-n2c(=S)[nH]c3c(F)cc(F)cc32)cc1Cl. The van der Waals surface area contributed by atoms with Gasteiger partial charge in [-0.2, -0.15) is 0 Å². The first kappa shape index (κ1) is 14.5. The monoisotopic (exact) mass is 344 g/mol. The van der Waals surface area contributed by atoms with Crippen molar-refractivity contribution in [3.05, 3.63) is 56.3 Å². The van der Waals surface area contributed by atoms with Crippen molar-refractivity contribution in [1.82, 2.24) is 9.55 Å². The van der Waals surface area contributed by atoms with Gasteiger partial charge in [-0.1, -0.05) is 23.2 Å². The molecule has 108 valence electrons. The fourth-order valence-electron chi connectivity index (χ4n) is 2.18. The van der Waals surface area contributed by atoms with E-state index in [0.29, 0.717) is 15.7 Å². The maximum Gasteiger partial charge on any atom is 0.182 e. The highest BCUT2D eigenvalue weighted by Gasteiger charge is 2.15. The lowest BCUT2D eigenvalue weighted by Gasteiger charge is -2.09. The molecule has 0 saturated carbocycles. The Morgan fingerprint density at radius 2 is 1.81 bits per heavy atom. The Labute approximate surface area is 133 Å². The van der Waals surface area contributed by atoms with Gasteiger partial charge in [-0.15, -0.1) is 0 Å². The van der Waals surface area contributed by atoms with Crippen molar-refractivity contribution in [1.29, 1.82) is 0 Å². The number of aromatic nitrogens is 2. The van der Waals surface area contributed by atoms with Crippen molar-refractivity contribution < 1.29 is 8.78 Å². The zero-order valence-corrected chi connectivity index (χ0v) is 13.0. The molecule has 3 aromatic rings. The number of hydrogen-bond acceptors (Lipinski definition) is 1. The Morgan fingerprint density at radius 1 is 1.10 bits per heavy atom. The third kappa shape index (κ3) is 2.35. The Bertz CT molecular complexity index is 931. The van der Waals surface area contributed by atoms with Crippen LogP contribution in [0.3, 0.4) is 0 Å². The number of aryl methyl sites for hydroxylation is 1. The quantitative estimate of drug-likeness (QED) is 0.571. The topological polar surface area (TPSA) is 20.7 Å². The van der Waals surface area contributed by atoms with Crippen molar-refractivity contribution in [3.63, 3.8) is 0 Å². The summed E-state index contributed by atoms with van der Waals surface area (Å²) in [5, 5.41) is 0.876. The van der Waals surface area contributed by atoms with E-state index in [4.69, 9.17) is 35.4 Å². The summed E-state index contributed by atoms with van der Waals surface area (Å²) in [6.07, 6.45) is 0. The minimum absolute atomic E-state index is 0.120. The summed E-state index contributed by atoms with van der Waals surface area (Å²) in [7, 11) is 0. The molecule has 1 N–H and O–H groups in total. The predicted molar refractivity (Wildman–Crippen MR) is 83.1 cm³/mol. The van der Waals surface area contributed by atoms with E-state index >= 15 is 0 Å². The zero-order chi connectivity index (χ0) is 15.3. The van der Waals surface area contributed by atoms with E-state index < -0.39 is 11.6 Å². The normalized spacial score (nSPS) is 11.3. The van der Waals surface area contributed by atoms with Crippen LogP contribution in [-0.2, 0) is 0 Å². The lowest BCUT2D eigenvalue weighted by molar-refractivity contribution is 0.590. The van der Waals surface area contributed by atoms with Crippen LogP contribution in [0.4, 0.5) is 8.78 Å². The summed E-state index contributed by atoms with van der Waals surface area (Å²) in [6.45, 7) is 1.81. The third-order valence-electron chi connectivity index (χ3n) is 3.18. The number of benzene rings is 2. The second kappa shape index (κ2) is 5.09. The fourth-order valence-corrected chi connectivity index (χ4v) is 2.94. The van der Waals surface area contributed by atoms with Crippen molar-refractivity contribution in [3.8, 4) is 5.69 Å². The molecule has 7 heteroatoms. The molecule has 0 bridgehead atoms. The minimum atomic E-state index is -0.718. The van der Waals surface area contributed by atoms with Gasteiger partial charge in [-0.25, -0.2) is 8.78 Å². The number of rotatable bonds is 1. The van der Waals surface area contributed by atoms with Gasteiger partial charge in [-0.3, -0.25) is 4.57 Å². The largest absolute Gasteiger partial charge is 0.328 e. The van der Waals surface area contributed by atoms with Gasteiger partial charge in [0.25, 0.3) is 0 Å². The Balaban J connectivity index is 2.43. The smallest absolute Gasteiger partial charge is 0.182 e. The van der Waals surface area contributed by atoms with Crippen LogP contribution >= 0.6 is 35.4 Å². The number of imidazole rings is 1. The lowest BCUT2D eigenvalue weighted by Crippen LogP contribution is -1.97. The molecular formula is C14H8Cl2F2N2S. The van der Waals surface area contributed by atoms with Gasteiger partial charge in [0.2, 0.25) is 0 Å². The van der Waals surface area contributed by atoms with Gasteiger partial charge in [0.1, 0.15) is 11.3 Å². The van der Waals surface area contributed by atoms with Crippen LogP contribution in [-0.4, -0.2) is 9.55 Å². The summed E-state index contributed by atoms with van der Waals surface area (Å²) in [5.74, 6) is -1.42. The van der Waals surface area contributed by atoms with Gasteiger partial charge < -0.3 is 4.98 Å². The van der Waals surface area contributed by atoms with E-state index in [9.17, 15) is 8.78 Å². The highest BCUT2D eigenvalue weighted by Crippen LogP contribution is 2.31. The molecule has 0 aliphatic rings. The zero-order valence-electron chi connectivity index (χ0n) is 10.7.